The maximum atomic E-state index is 12.3. The number of aromatic nitrogens is 1. The number of nitro groups is 1. The third-order valence-corrected chi connectivity index (χ3v) is 4.03. The van der Waals surface area contributed by atoms with Gasteiger partial charge in [-0.2, -0.15) is 0 Å². The minimum absolute atomic E-state index is 0.0353. The van der Waals surface area contributed by atoms with E-state index in [-0.39, 0.29) is 21.8 Å². The van der Waals surface area contributed by atoms with Crippen LogP contribution in [0.3, 0.4) is 0 Å². The van der Waals surface area contributed by atoms with Crippen LogP contribution >= 0.6 is 11.6 Å². The number of nitrogens with zero attached hydrogens (tertiary/aromatic N) is 1. The van der Waals surface area contributed by atoms with Crippen molar-refractivity contribution in [3.05, 3.63) is 79.1 Å². The lowest BCUT2D eigenvalue weighted by atomic mass is 10.1. The van der Waals surface area contributed by atoms with Gasteiger partial charge in [-0.25, -0.2) is 0 Å². The molecule has 0 fully saturated rings. The Hall–Kier alpha value is -3.19. The molecule has 3 rings (SSSR count). The first-order valence-corrected chi connectivity index (χ1v) is 7.62. The van der Waals surface area contributed by atoms with Crippen LogP contribution in [0.2, 0.25) is 5.02 Å². The molecule has 0 aliphatic carbocycles. The molecule has 7 nitrogen and oxygen atoms in total. The molecule has 0 aliphatic rings. The second-order valence-corrected chi connectivity index (χ2v) is 5.86. The van der Waals surface area contributed by atoms with Gasteiger partial charge in [0.15, 0.2) is 0 Å². The van der Waals surface area contributed by atoms with E-state index in [9.17, 15) is 19.7 Å². The zero-order chi connectivity index (χ0) is 18.1. The fourth-order valence-electron chi connectivity index (χ4n) is 2.50. The van der Waals surface area contributed by atoms with Gasteiger partial charge in [-0.15, -0.1) is 0 Å². The van der Waals surface area contributed by atoms with Crippen molar-refractivity contribution in [1.82, 2.24) is 4.98 Å². The molecule has 1 amide bonds. The number of benzene rings is 2. The summed E-state index contributed by atoms with van der Waals surface area (Å²) in [6.07, 6.45) is 0. The Morgan fingerprint density at radius 3 is 2.68 bits per heavy atom. The number of amides is 1. The summed E-state index contributed by atoms with van der Waals surface area (Å²) in [4.78, 5) is 36.8. The number of pyridine rings is 1. The number of rotatable bonds is 3. The Morgan fingerprint density at radius 2 is 1.96 bits per heavy atom. The van der Waals surface area contributed by atoms with Crippen molar-refractivity contribution in [1.29, 1.82) is 0 Å². The van der Waals surface area contributed by atoms with Gasteiger partial charge in [-0.05, 0) is 42.8 Å². The molecular formula is C17H12ClN3O4. The summed E-state index contributed by atoms with van der Waals surface area (Å²) in [5.74, 6) is -0.499. The van der Waals surface area contributed by atoms with Gasteiger partial charge < -0.3 is 10.3 Å². The molecule has 0 saturated heterocycles. The Morgan fingerprint density at radius 1 is 1.20 bits per heavy atom. The number of halogens is 1. The van der Waals surface area contributed by atoms with E-state index in [0.717, 1.165) is 17.0 Å². The number of hydrogen-bond acceptors (Lipinski definition) is 4. The number of fused-ring (bicyclic) bond motifs is 1. The molecule has 0 radical (unpaired) electrons. The summed E-state index contributed by atoms with van der Waals surface area (Å²) < 4.78 is 0. The van der Waals surface area contributed by atoms with Crippen LogP contribution in [0.5, 0.6) is 0 Å². The summed E-state index contributed by atoms with van der Waals surface area (Å²) >= 11 is 5.75. The normalized spacial score (nSPS) is 10.6. The number of aryl methyl sites for hydroxylation is 1. The first-order chi connectivity index (χ1) is 11.8. The third kappa shape index (κ3) is 3.36. The minimum Gasteiger partial charge on any atom is -0.322 e. The van der Waals surface area contributed by atoms with Crippen molar-refractivity contribution in [3.8, 4) is 0 Å². The lowest BCUT2D eigenvalue weighted by molar-refractivity contribution is -0.384. The summed E-state index contributed by atoms with van der Waals surface area (Å²) in [5.41, 5.74) is 1.53. The maximum Gasteiger partial charge on any atom is 0.288 e. The molecule has 2 N–H and O–H groups in total. The van der Waals surface area contributed by atoms with Gasteiger partial charge >= 0.3 is 0 Å². The highest BCUT2D eigenvalue weighted by molar-refractivity contribution is 6.32. The first-order valence-electron chi connectivity index (χ1n) is 7.24. The average Bonchev–Trinajstić information content (AvgIpc) is 2.55. The molecule has 0 unspecified atom stereocenters. The fourth-order valence-corrected chi connectivity index (χ4v) is 2.68. The number of aromatic amines is 1. The minimum atomic E-state index is -0.644. The Balaban J connectivity index is 1.93. The maximum absolute atomic E-state index is 12.3. The monoisotopic (exact) mass is 357 g/mol. The molecule has 25 heavy (non-hydrogen) atoms. The molecule has 0 bridgehead atoms. The van der Waals surface area contributed by atoms with Crippen LogP contribution in [-0.2, 0) is 0 Å². The number of anilines is 1. The van der Waals surface area contributed by atoms with Gasteiger partial charge in [0.05, 0.1) is 4.92 Å². The lowest BCUT2D eigenvalue weighted by Crippen LogP contribution is -2.12. The van der Waals surface area contributed by atoms with E-state index >= 15 is 0 Å². The van der Waals surface area contributed by atoms with Gasteiger partial charge in [-0.1, -0.05) is 11.6 Å². The molecule has 0 atom stereocenters. The summed E-state index contributed by atoms with van der Waals surface area (Å²) in [5, 5.41) is 14.4. The third-order valence-electron chi connectivity index (χ3n) is 3.71. The van der Waals surface area contributed by atoms with Gasteiger partial charge in [0.1, 0.15) is 5.02 Å². The zero-order valence-electron chi connectivity index (χ0n) is 13.0. The largest absolute Gasteiger partial charge is 0.322 e. The Labute approximate surface area is 146 Å². The summed E-state index contributed by atoms with van der Waals surface area (Å²) in [7, 11) is 0. The van der Waals surface area contributed by atoms with Crippen molar-refractivity contribution >= 4 is 39.8 Å². The van der Waals surface area contributed by atoms with Gasteiger partial charge in [0, 0.05) is 34.3 Å². The number of carbonyl (C=O) groups excluding carboxylic acids is 1. The SMILES string of the molecule is Cc1cc(=O)[nH]c2ccc(NC(=O)c3ccc(Cl)c([N+](=O)[O-])c3)cc12. The van der Waals surface area contributed by atoms with Gasteiger partial charge in [0.25, 0.3) is 11.6 Å². The predicted octanol–water partition coefficient (Wildman–Crippen LogP) is 3.65. The van der Waals surface area contributed by atoms with Crippen molar-refractivity contribution in [2.75, 3.05) is 5.32 Å². The van der Waals surface area contributed by atoms with Crippen molar-refractivity contribution in [3.63, 3.8) is 0 Å². The van der Waals surface area contributed by atoms with E-state index < -0.39 is 10.8 Å². The molecule has 1 aromatic heterocycles. The second kappa shape index (κ2) is 6.37. The van der Waals surface area contributed by atoms with E-state index in [1.807, 2.05) is 0 Å². The number of carbonyl (C=O) groups is 1. The molecule has 3 aromatic rings. The summed E-state index contributed by atoms with van der Waals surface area (Å²) in [6.45, 7) is 1.80. The fraction of sp³-hybridized carbons (Fsp3) is 0.0588. The van der Waals surface area contributed by atoms with Crippen LogP contribution in [-0.4, -0.2) is 15.8 Å². The first kappa shape index (κ1) is 16.7. The van der Waals surface area contributed by atoms with Crippen LogP contribution in [0.1, 0.15) is 15.9 Å². The van der Waals surface area contributed by atoms with Gasteiger partial charge in [0.2, 0.25) is 5.56 Å². The molecule has 0 saturated carbocycles. The quantitative estimate of drug-likeness (QED) is 0.551. The molecule has 126 valence electrons. The zero-order valence-corrected chi connectivity index (χ0v) is 13.8. The van der Waals surface area contributed by atoms with E-state index in [4.69, 9.17) is 11.6 Å². The molecule has 2 aromatic carbocycles. The molecule has 0 spiro atoms. The van der Waals surface area contributed by atoms with Crippen LogP contribution < -0.4 is 10.9 Å². The topological polar surface area (TPSA) is 105 Å². The van der Waals surface area contributed by atoms with E-state index in [1.165, 1.54) is 18.2 Å². The van der Waals surface area contributed by atoms with Crippen LogP contribution in [0, 0.1) is 17.0 Å². The number of nitrogens with one attached hydrogen (secondary N) is 2. The lowest BCUT2D eigenvalue weighted by Gasteiger charge is -2.08. The highest BCUT2D eigenvalue weighted by Crippen LogP contribution is 2.26. The average molecular weight is 358 g/mol. The number of nitro benzene ring substituents is 1. The second-order valence-electron chi connectivity index (χ2n) is 5.45. The van der Waals surface area contributed by atoms with Crippen molar-refractivity contribution in [2.24, 2.45) is 0 Å². The van der Waals surface area contributed by atoms with Crippen LogP contribution in [0.15, 0.2) is 47.3 Å². The molecule has 8 heteroatoms. The smallest absolute Gasteiger partial charge is 0.288 e. The highest BCUT2D eigenvalue weighted by atomic mass is 35.5. The van der Waals surface area contributed by atoms with Crippen molar-refractivity contribution in [2.45, 2.75) is 6.92 Å². The molecular weight excluding hydrogens is 346 g/mol. The van der Waals surface area contributed by atoms with E-state index in [1.54, 1.807) is 25.1 Å². The van der Waals surface area contributed by atoms with Gasteiger partial charge in [-0.3, -0.25) is 19.7 Å². The Bertz CT molecular complexity index is 1080. The molecule has 1 heterocycles. The van der Waals surface area contributed by atoms with Crippen molar-refractivity contribution < 1.29 is 9.72 Å². The number of H-pyrrole nitrogens is 1. The highest BCUT2D eigenvalue weighted by Gasteiger charge is 2.16. The number of hydrogen-bond donors (Lipinski definition) is 2. The van der Waals surface area contributed by atoms with Crippen LogP contribution in [0.25, 0.3) is 10.9 Å². The van der Waals surface area contributed by atoms with E-state index in [0.29, 0.717) is 11.2 Å². The van der Waals surface area contributed by atoms with E-state index in [2.05, 4.69) is 10.3 Å². The van der Waals surface area contributed by atoms with Crippen LogP contribution in [0.4, 0.5) is 11.4 Å². The Kier molecular flexibility index (Phi) is 4.24. The predicted molar refractivity (Wildman–Crippen MR) is 95.4 cm³/mol. The standard InChI is InChI=1S/C17H12ClN3O4/c1-9-6-16(22)20-14-5-3-11(8-12(9)14)19-17(23)10-2-4-13(18)15(7-10)21(24)25/h2-8H,1H3,(H,19,23)(H,20,22). The molecule has 0 aliphatic heterocycles. The summed E-state index contributed by atoms with van der Waals surface area (Å²) in [6, 6.07) is 10.4.